The summed E-state index contributed by atoms with van der Waals surface area (Å²) in [6, 6.07) is 9.46. The molecule has 0 heterocycles. The van der Waals surface area contributed by atoms with Gasteiger partial charge in [0.15, 0.2) is 0 Å². The van der Waals surface area contributed by atoms with Crippen LogP contribution >= 0.6 is 11.8 Å². The molecule has 2 unspecified atom stereocenters. The van der Waals surface area contributed by atoms with E-state index in [0.29, 0.717) is 6.04 Å². The van der Waals surface area contributed by atoms with Crippen LogP contribution in [0.5, 0.6) is 0 Å². The van der Waals surface area contributed by atoms with Crippen molar-refractivity contribution in [3.05, 3.63) is 35.4 Å². The van der Waals surface area contributed by atoms with Crippen LogP contribution in [0.15, 0.2) is 24.3 Å². The summed E-state index contributed by atoms with van der Waals surface area (Å²) in [5.74, 6) is 3.33. The predicted octanol–water partition coefficient (Wildman–Crippen LogP) is 3.26. The van der Waals surface area contributed by atoms with Gasteiger partial charge in [-0.25, -0.2) is 0 Å². The van der Waals surface area contributed by atoms with Gasteiger partial charge in [0.1, 0.15) is 0 Å². The van der Waals surface area contributed by atoms with Crippen molar-refractivity contribution in [2.24, 2.45) is 5.92 Å². The average Bonchev–Trinajstić information content (AvgIpc) is 2.67. The first-order valence-corrected chi connectivity index (χ1v) is 7.35. The van der Waals surface area contributed by atoms with Crippen molar-refractivity contribution in [2.45, 2.75) is 25.8 Å². The minimum absolute atomic E-state index is 0.577. The van der Waals surface area contributed by atoms with Crippen LogP contribution in [0.25, 0.3) is 0 Å². The number of hydrogen-bond donors (Lipinski definition) is 1. The van der Waals surface area contributed by atoms with Gasteiger partial charge < -0.3 is 5.32 Å². The summed E-state index contributed by atoms with van der Waals surface area (Å²) in [5.41, 5.74) is 3.07. The minimum Gasteiger partial charge on any atom is -0.313 e. The smallest absolute Gasteiger partial charge is 0.0352 e. The Kier molecular flexibility index (Phi) is 4.30. The summed E-state index contributed by atoms with van der Waals surface area (Å²) in [6.07, 6.45) is 2.59. The Balaban J connectivity index is 2.03. The van der Waals surface area contributed by atoms with Crippen molar-refractivity contribution in [3.63, 3.8) is 0 Å². The highest BCUT2D eigenvalue weighted by Gasteiger charge is 2.30. The molecule has 0 aliphatic heterocycles. The quantitative estimate of drug-likeness (QED) is 0.786. The molecule has 1 aliphatic rings. The van der Waals surface area contributed by atoms with Gasteiger partial charge in [-0.05, 0) is 48.4 Å². The third kappa shape index (κ3) is 2.44. The lowest BCUT2D eigenvalue weighted by molar-refractivity contribution is 0.404. The van der Waals surface area contributed by atoms with Crippen molar-refractivity contribution in [2.75, 3.05) is 18.6 Å². The molecule has 1 aromatic carbocycles. The number of nitrogens with one attached hydrogen (secondary N) is 1. The minimum atomic E-state index is 0.577. The number of thioether (sulfide) groups is 1. The zero-order valence-corrected chi connectivity index (χ0v) is 11.0. The molecule has 16 heavy (non-hydrogen) atoms. The number of hydrogen-bond acceptors (Lipinski definition) is 2. The van der Waals surface area contributed by atoms with Crippen molar-refractivity contribution < 1.29 is 0 Å². The zero-order valence-electron chi connectivity index (χ0n) is 10.2. The van der Waals surface area contributed by atoms with Crippen LogP contribution in [-0.2, 0) is 6.42 Å². The van der Waals surface area contributed by atoms with Crippen LogP contribution in [0.4, 0.5) is 0 Å². The van der Waals surface area contributed by atoms with E-state index in [9.17, 15) is 0 Å². The second-order valence-electron chi connectivity index (χ2n) is 4.41. The summed E-state index contributed by atoms with van der Waals surface area (Å²) < 4.78 is 0. The number of rotatable bonds is 5. The van der Waals surface area contributed by atoms with Crippen LogP contribution < -0.4 is 5.32 Å². The van der Waals surface area contributed by atoms with Crippen LogP contribution in [0.2, 0.25) is 0 Å². The highest BCUT2D eigenvalue weighted by Crippen LogP contribution is 2.37. The first-order chi connectivity index (χ1) is 7.86. The molecule has 0 radical (unpaired) electrons. The third-order valence-corrected chi connectivity index (χ3v) is 4.42. The molecule has 2 atom stereocenters. The van der Waals surface area contributed by atoms with E-state index in [1.54, 1.807) is 5.56 Å². The molecule has 88 valence electrons. The predicted molar refractivity (Wildman–Crippen MR) is 73.1 cm³/mol. The van der Waals surface area contributed by atoms with Crippen LogP contribution in [0.3, 0.4) is 0 Å². The highest BCUT2D eigenvalue weighted by molar-refractivity contribution is 7.99. The molecule has 0 spiro atoms. The zero-order chi connectivity index (χ0) is 11.4. The second kappa shape index (κ2) is 5.74. The van der Waals surface area contributed by atoms with E-state index < -0.39 is 0 Å². The third-order valence-electron chi connectivity index (χ3n) is 3.49. The van der Waals surface area contributed by atoms with Crippen molar-refractivity contribution in [1.29, 1.82) is 0 Å². The van der Waals surface area contributed by atoms with Gasteiger partial charge in [-0.1, -0.05) is 31.2 Å². The van der Waals surface area contributed by atoms with E-state index in [-0.39, 0.29) is 0 Å². The molecule has 1 N–H and O–H groups in total. The van der Waals surface area contributed by atoms with Crippen molar-refractivity contribution in [1.82, 2.24) is 5.32 Å². The molecule has 0 saturated carbocycles. The molecule has 2 heteroatoms. The van der Waals surface area contributed by atoms with Gasteiger partial charge in [0, 0.05) is 6.04 Å². The van der Waals surface area contributed by atoms with E-state index in [2.05, 4.69) is 55.3 Å². The Morgan fingerprint density at radius 3 is 2.94 bits per heavy atom. The molecule has 0 saturated heterocycles. The number of fused-ring (bicyclic) bond motifs is 1. The Hall–Kier alpha value is -0.470. The van der Waals surface area contributed by atoms with Gasteiger partial charge in [-0.2, -0.15) is 11.8 Å². The fraction of sp³-hybridized carbons (Fsp3) is 0.571. The van der Waals surface area contributed by atoms with Crippen LogP contribution in [0, 0.1) is 5.92 Å². The maximum absolute atomic E-state index is 3.49. The molecule has 0 aromatic heterocycles. The first-order valence-electron chi connectivity index (χ1n) is 6.19. The SMILES string of the molecule is CCSCCC1Cc2ccccc2C1NC. The highest BCUT2D eigenvalue weighted by atomic mass is 32.2. The number of benzene rings is 1. The standard InChI is InChI=1S/C14H21NS/c1-3-16-9-8-12-10-11-6-4-5-7-13(11)14(12)15-2/h4-7,12,14-15H,3,8-10H2,1-2H3. The second-order valence-corrected chi connectivity index (χ2v) is 5.81. The van der Waals surface area contributed by atoms with Gasteiger partial charge in [-0.15, -0.1) is 0 Å². The Morgan fingerprint density at radius 2 is 2.19 bits per heavy atom. The van der Waals surface area contributed by atoms with E-state index in [0.717, 1.165) is 5.92 Å². The summed E-state index contributed by atoms with van der Waals surface area (Å²) >= 11 is 2.06. The van der Waals surface area contributed by atoms with Gasteiger partial charge in [0.25, 0.3) is 0 Å². The Labute approximate surface area is 103 Å². The molecule has 1 aromatic rings. The van der Waals surface area contributed by atoms with Gasteiger partial charge in [-0.3, -0.25) is 0 Å². The fourth-order valence-electron chi connectivity index (χ4n) is 2.72. The molecule has 1 nitrogen and oxygen atoms in total. The van der Waals surface area contributed by atoms with E-state index in [4.69, 9.17) is 0 Å². The van der Waals surface area contributed by atoms with E-state index in [1.165, 1.54) is 29.9 Å². The van der Waals surface area contributed by atoms with Gasteiger partial charge in [0.2, 0.25) is 0 Å². The molecular weight excluding hydrogens is 214 g/mol. The molecule has 0 bridgehead atoms. The molecule has 0 fully saturated rings. The maximum Gasteiger partial charge on any atom is 0.0352 e. The summed E-state index contributed by atoms with van der Waals surface area (Å²) in [4.78, 5) is 0. The molecule has 1 aliphatic carbocycles. The topological polar surface area (TPSA) is 12.0 Å². The molecular formula is C14H21NS. The lowest BCUT2D eigenvalue weighted by atomic mass is 9.98. The monoisotopic (exact) mass is 235 g/mol. The van der Waals surface area contributed by atoms with Crippen molar-refractivity contribution >= 4 is 11.8 Å². The Bertz CT molecular complexity index is 337. The van der Waals surface area contributed by atoms with E-state index >= 15 is 0 Å². The fourth-order valence-corrected chi connectivity index (χ4v) is 3.47. The lowest BCUT2D eigenvalue weighted by Crippen LogP contribution is -2.22. The Morgan fingerprint density at radius 1 is 1.38 bits per heavy atom. The van der Waals surface area contributed by atoms with Gasteiger partial charge in [0.05, 0.1) is 0 Å². The van der Waals surface area contributed by atoms with E-state index in [1.807, 2.05) is 0 Å². The first kappa shape index (κ1) is 12.0. The van der Waals surface area contributed by atoms with Gasteiger partial charge >= 0.3 is 0 Å². The average molecular weight is 235 g/mol. The summed E-state index contributed by atoms with van der Waals surface area (Å²) in [5, 5.41) is 3.49. The van der Waals surface area contributed by atoms with Crippen molar-refractivity contribution in [3.8, 4) is 0 Å². The van der Waals surface area contributed by atoms with Crippen LogP contribution in [0.1, 0.15) is 30.5 Å². The normalized spacial score (nSPS) is 23.4. The lowest BCUT2D eigenvalue weighted by Gasteiger charge is -2.19. The van der Waals surface area contributed by atoms with Crippen LogP contribution in [-0.4, -0.2) is 18.6 Å². The molecule has 0 amide bonds. The summed E-state index contributed by atoms with van der Waals surface area (Å²) in [7, 11) is 2.09. The maximum atomic E-state index is 3.49. The largest absolute Gasteiger partial charge is 0.313 e. The molecule has 2 rings (SSSR count). The summed E-state index contributed by atoms with van der Waals surface area (Å²) in [6.45, 7) is 2.24.